The number of azo groups is 1. The second-order valence-corrected chi connectivity index (χ2v) is 4.09. The molecule has 0 fully saturated rings. The minimum Gasteiger partial charge on any atom is -0.508 e. The molecule has 2 aromatic rings. The summed E-state index contributed by atoms with van der Waals surface area (Å²) in [5.74, 6) is 1.77. The molecule has 0 aliphatic heterocycles. The van der Waals surface area contributed by atoms with Crippen molar-refractivity contribution < 1.29 is 19.3 Å². The number of aromatic hydroxyl groups is 1. The third kappa shape index (κ3) is 3.42. The highest BCUT2D eigenvalue weighted by Crippen LogP contribution is 2.35. The number of hydrogen-bond acceptors (Lipinski definition) is 6. The summed E-state index contributed by atoms with van der Waals surface area (Å²) < 4.78 is 15.5. The van der Waals surface area contributed by atoms with Crippen LogP contribution < -0.4 is 14.2 Å². The molecule has 0 unspecified atom stereocenters. The van der Waals surface area contributed by atoms with Crippen LogP contribution in [0.25, 0.3) is 0 Å². The van der Waals surface area contributed by atoms with Crippen molar-refractivity contribution in [3.05, 3.63) is 36.4 Å². The van der Waals surface area contributed by atoms with E-state index in [0.29, 0.717) is 28.6 Å². The SMILES string of the molecule is COc1ccc(OC)c(N=Nc2ccc(O)cc2OC)c1. The second kappa shape index (κ2) is 6.60. The molecule has 6 nitrogen and oxygen atoms in total. The largest absolute Gasteiger partial charge is 0.508 e. The summed E-state index contributed by atoms with van der Waals surface area (Å²) in [4.78, 5) is 0. The van der Waals surface area contributed by atoms with Crippen LogP contribution in [-0.4, -0.2) is 26.4 Å². The first-order valence-corrected chi connectivity index (χ1v) is 6.18. The highest BCUT2D eigenvalue weighted by Gasteiger charge is 2.06. The summed E-state index contributed by atoms with van der Waals surface area (Å²) in [5, 5.41) is 17.7. The molecule has 0 atom stereocenters. The number of rotatable bonds is 5. The first-order valence-electron chi connectivity index (χ1n) is 6.18. The lowest BCUT2D eigenvalue weighted by Crippen LogP contribution is -1.86. The van der Waals surface area contributed by atoms with E-state index in [1.165, 1.54) is 19.2 Å². The molecule has 1 N–H and O–H groups in total. The molecule has 0 aliphatic carbocycles. The molecule has 0 saturated heterocycles. The molecule has 2 rings (SSSR count). The zero-order valence-corrected chi connectivity index (χ0v) is 12.0. The summed E-state index contributed by atoms with van der Waals surface area (Å²) >= 11 is 0. The van der Waals surface area contributed by atoms with Gasteiger partial charge in [-0.15, -0.1) is 10.2 Å². The molecule has 0 spiro atoms. The van der Waals surface area contributed by atoms with Crippen LogP contribution in [0.15, 0.2) is 46.6 Å². The average molecular weight is 288 g/mol. The maximum absolute atomic E-state index is 9.42. The molecule has 0 amide bonds. The monoisotopic (exact) mass is 288 g/mol. The van der Waals surface area contributed by atoms with E-state index in [0.717, 1.165) is 0 Å². The molecule has 0 radical (unpaired) electrons. The molecule has 0 saturated carbocycles. The van der Waals surface area contributed by atoms with E-state index in [-0.39, 0.29) is 5.75 Å². The molecule has 6 heteroatoms. The van der Waals surface area contributed by atoms with Crippen LogP contribution in [0.4, 0.5) is 11.4 Å². The third-order valence-electron chi connectivity index (χ3n) is 2.81. The van der Waals surface area contributed by atoms with Crippen LogP contribution in [0.2, 0.25) is 0 Å². The average Bonchev–Trinajstić information content (AvgIpc) is 2.53. The zero-order valence-electron chi connectivity index (χ0n) is 12.0. The summed E-state index contributed by atoms with van der Waals surface area (Å²) in [7, 11) is 4.63. The van der Waals surface area contributed by atoms with Gasteiger partial charge in [0.1, 0.15) is 34.4 Å². The number of phenols is 1. The number of benzene rings is 2. The smallest absolute Gasteiger partial charge is 0.150 e. The van der Waals surface area contributed by atoms with E-state index in [4.69, 9.17) is 14.2 Å². The highest BCUT2D eigenvalue weighted by molar-refractivity contribution is 5.57. The van der Waals surface area contributed by atoms with Crippen molar-refractivity contribution in [1.82, 2.24) is 0 Å². The van der Waals surface area contributed by atoms with Crippen molar-refractivity contribution >= 4 is 11.4 Å². The van der Waals surface area contributed by atoms with Gasteiger partial charge in [0.2, 0.25) is 0 Å². The lowest BCUT2D eigenvalue weighted by molar-refractivity contribution is 0.403. The van der Waals surface area contributed by atoms with E-state index < -0.39 is 0 Å². The van der Waals surface area contributed by atoms with Crippen molar-refractivity contribution in [3.63, 3.8) is 0 Å². The van der Waals surface area contributed by atoms with E-state index in [2.05, 4.69) is 10.2 Å². The highest BCUT2D eigenvalue weighted by atomic mass is 16.5. The second-order valence-electron chi connectivity index (χ2n) is 4.09. The van der Waals surface area contributed by atoms with E-state index in [1.807, 2.05) is 0 Å². The number of nitrogens with zero attached hydrogens (tertiary/aromatic N) is 2. The fraction of sp³-hybridized carbons (Fsp3) is 0.200. The van der Waals surface area contributed by atoms with Crippen molar-refractivity contribution in [1.29, 1.82) is 0 Å². The third-order valence-corrected chi connectivity index (χ3v) is 2.81. The van der Waals surface area contributed by atoms with Gasteiger partial charge in [0.05, 0.1) is 21.3 Å². The molecule has 21 heavy (non-hydrogen) atoms. The summed E-state index contributed by atoms with van der Waals surface area (Å²) in [6, 6.07) is 9.84. The molecular weight excluding hydrogens is 272 g/mol. The van der Waals surface area contributed by atoms with Gasteiger partial charge in [-0.1, -0.05) is 0 Å². The summed E-state index contributed by atoms with van der Waals surface area (Å²) in [5.41, 5.74) is 1.03. The first-order chi connectivity index (χ1) is 10.2. The van der Waals surface area contributed by atoms with E-state index in [1.54, 1.807) is 38.5 Å². The van der Waals surface area contributed by atoms with Crippen LogP contribution in [-0.2, 0) is 0 Å². The van der Waals surface area contributed by atoms with Gasteiger partial charge in [-0.05, 0) is 24.3 Å². The van der Waals surface area contributed by atoms with Gasteiger partial charge in [-0.3, -0.25) is 0 Å². The Balaban J connectivity index is 2.37. The summed E-state index contributed by atoms with van der Waals surface area (Å²) in [6.45, 7) is 0. The molecular formula is C15H16N2O4. The Labute approximate surface area is 122 Å². The Morgan fingerprint density at radius 1 is 0.762 bits per heavy atom. The Bertz CT molecular complexity index is 656. The van der Waals surface area contributed by atoms with Gasteiger partial charge in [0, 0.05) is 12.1 Å². The molecule has 110 valence electrons. The Morgan fingerprint density at radius 2 is 1.48 bits per heavy atom. The van der Waals surface area contributed by atoms with Gasteiger partial charge in [0.15, 0.2) is 0 Å². The Kier molecular flexibility index (Phi) is 4.61. The predicted octanol–water partition coefficient (Wildman–Crippen LogP) is 3.83. The molecule has 0 aromatic heterocycles. The zero-order chi connectivity index (χ0) is 15.2. The van der Waals surface area contributed by atoms with Crippen molar-refractivity contribution in [3.8, 4) is 23.0 Å². The van der Waals surface area contributed by atoms with Crippen LogP contribution in [0.1, 0.15) is 0 Å². The number of methoxy groups -OCH3 is 3. The quantitative estimate of drug-likeness (QED) is 0.848. The van der Waals surface area contributed by atoms with Gasteiger partial charge in [0.25, 0.3) is 0 Å². The molecule has 0 bridgehead atoms. The molecule has 2 aromatic carbocycles. The Hall–Kier alpha value is -2.76. The van der Waals surface area contributed by atoms with Crippen molar-refractivity contribution in [2.45, 2.75) is 0 Å². The summed E-state index contributed by atoms with van der Waals surface area (Å²) in [6.07, 6.45) is 0. The fourth-order valence-corrected chi connectivity index (χ4v) is 1.73. The minimum atomic E-state index is 0.102. The van der Waals surface area contributed by atoms with E-state index >= 15 is 0 Å². The van der Waals surface area contributed by atoms with Gasteiger partial charge < -0.3 is 19.3 Å². The first kappa shape index (κ1) is 14.6. The fourth-order valence-electron chi connectivity index (χ4n) is 1.73. The van der Waals surface area contributed by atoms with Crippen molar-refractivity contribution in [2.24, 2.45) is 10.2 Å². The van der Waals surface area contributed by atoms with Crippen molar-refractivity contribution in [2.75, 3.05) is 21.3 Å². The molecule has 0 heterocycles. The predicted molar refractivity (Wildman–Crippen MR) is 78.4 cm³/mol. The molecule has 0 aliphatic rings. The van der Waals surface area contributed by atoms with Gasteiger partial charge in [-0.2, -0.15) is 0 Å². The van der Waals surface area contributed by atoms with Crippen LogP contribution >= 0.6 is 0 Å². The van der Waals surface area contributed by atoms with E-state index in [9.17, 15) is 5.11 Å². The minimum absolute atomic E-state index is 0.102. The topological polar surface area (TPSA) is 72.6 Å². The van der Waals surface area contributed by atoms with Gasteiger partial charge >= 0.3 is 0 Å². The van der Waals surface area contributed by atoms with Crippen LogP contribution in [0.3, 0.4) is 0 Å². The normalized spacial score (nSPS) is 10.6. The lowest BCUT2D eigenvalue weighted by atomic mass is 10.3. The van der Waals surface area contributed by atoms with Gasteiger partial charge in [-0.25, -0.2) is 0 Å². The lowest BCUT2D eigenvalue weighted by Gasteiger charge is -2.06. The number of ether oxygens (including phenoxy) is 3. The number of phenolic OH excluding ortho intramolecular Hbond substituents is 1. The maximum atomic E-state index is 9.42. The van der Waals surface area contributed by atoms with Crippen LogP contribution in [0.5, 0.6) is 23.0 Å². The Morgan fingerprint density at radius 3 is 2.14 bits per heavy atom. The maximum Gasteiger partial charge on any atom is 0.150 e. The number of hydrogen-bond donors (Lipinski definition) is 1. The standard InChI is InChI=1S/C15H16N2O4/c1-19-11-5-7-14(20-2)13(9-11)17-16-12-6-4-10(18)8-15(12)21-3/h4-9,18H,1-3H3. The van der Waals surface area contributed by atoms with Crippen LogP contribution in [0, 0.1) is 0 Å².